The van der Waals surface area contributed by atoms with E-state index >= 15 is 0 Å². The zero-order valence-corrected chi connectivity index (χ0v) is 14.6. The zero-order valence-electron chi connectivity index (χ0n) is 13.8. The van der Waals surface area contributed by atoms with E-state index in [2.05, 4.69) is 10.2 Å². The van der Waals surface area contributed by atoms with E-state index in [0.29, 0.717) is 31.1 Å². The second kappa shape index (κ2) is 9.42. The molecule has 128 valence electrons. The third-order valence-electron chi connectivity index (χ3n) is 3.86. The van der Waals surface area contributed by atoms with Crippen LogP contribution in [0, 0.1) is 6.92 Å². The van der Waals surface area contributed by atoms with Crippen molar-refractivity contribution in [3.8, 4) is 0 Å². The van der Waals surface area contributed by atoms with Crippen molar-refractivity contribution in [2.24, 2.45) is 0 Å². The summed E-state index contributed by atoms with van der Waals surface area (Å²) in [6.07, 6.45) is 0.360. The first kappa shape index (κ1) is 18.5. The summed E-state index contributed by atoms with van der Waals surface area (Å²) in [7, 11) is 0. The third kappa shape index (κ3) is 5.64. The topological polar surface area (TPSA) is 52.6 Å². The summed E-state index contributed by atoms with van der Waals surface area (Å²) >= 11 is 6.07. The summed E-state index contributed by atoms with van der Waals surface area (Å²) in [4.78, 5) is 14.3. The Labute approximate surface area is 148 Å². The standard InChI is InChI=1S/C19H23ClN2O2/c1-15-17(20)8-5-9-18(15)21-19(24)10-11-22(12-13-23)14-16-6-3-2-4-7-16/h2-9,23H,10-14H2,1H3,(H,21,24). The number of halogens is 1. The third-order valence-corrected chi connectivity index (χ3v) is 4.27. The molecule has 0 aromatic heterocycles. The van der Waals surface area contributed by atoms with Crippen LogP contribution in [0.5, 0.6) is 0 Å². The normalized spacial score (nSPS) is 10.8. The SMILES string of the molecule is Cc1c(Cl)cccc1NC(=O)CCN(CCO)Cc1ccccc1. The largest absolute Gasteiger partial charge is 0.395 e. The van der Waals surface area contributed by atoms with Gasteiger partial charge in [0.05, 0.1) is 6.61 Å². The van der Waals surface area contributed by atoms with Crippen molar-refractivity contribution in [2.75, 3.05) is 25.0 Å². The van der Waals surface area contributed by atoms with Gasteiger partial charge in [-0.1, -0.05) is 48.0 Å². The van der Waals surface area contributed by atoms with Crippen LogP contribution in [0.3, 0.4) is 0 Å². The molecule has 0 bridgehead atoms. The molecule has 0 unspecified atom stereocenters. The quantitative estimate of drug-likeness (QED) is 0.769. The minimum absolute atomic E-state index is 0.0589. The highest BCUT2D eigenvalue weighted by atomic mass is 35.5. The highest BCUT2D eigenvalue weighted by Gasteiger charge is 2.10. The van der Waals surface area contributed by atoms with Crippen LogP contribution in [0.25, 0.3) is 0 Å². The Balaban J connectivity index is 1.89. The molecule has 0 spiro atoms. The predicted octanol–water partition coefficient (Wildman–Crippen LogP) is 3.47. The lowest BCUT2D eigenvalue weighted by Gasteiger charge is -2.21. The number of aliphatic hydroxyl groups is 1. The molecule has 0 fully saturated rings. The molecule has 0 aliphatic carbocycles. The Morgan fingerprint density at radius 2 is 1.88 bits per heavy atom. The fourth-order valence-electron chi connectivity index (χ4n) is 2.47. The molecule has 5 heteroatoms. The van der Waals surface area contributed by atoms with Crippen LogP contribution < -0.4 is 5.32 Å². The van der Waals surface area contributed by atoms with Crippen LogP contribution in [0.15, 0.2) is 48.5 Å². The molecule has 2 N–H and O–H groups in total. The minimum atomic E-state index is -0.0589. The molecule has 0 aliphatic rings. The molecule has 2 aromatic rings. The summed E-state index contributed by atoms with van der Waals surface area (Å²) in [5.41, 5.74) is 2.77. The van der Waals surface area contributed by atoms with Crippen LogP contribution in [0.4, 0.5) is 5.69 Å². The van der Waals surface area contributed by atoms with E-state index in [1.807, 2.05) is 49.4 Å². The molecule has 0 radical (unpaired) electrons. The van der Waals surface area contributed by atoms with Crippen LogP contribution in [-0.4, -0.2) is 35.6 Å². The van der Waals surface area contributed by atoms with E-state index in [1.54, 1.807) is 6.07 Å². The highest BCUT2D eigenvalue weighted by Crippen LogP contribution is 2.23. The number of benzene rings is 2. The maximum atomic E-state index is 12.2. The smallest absolute Gasteiger partial charge is 0.225 e. The number of rotatable bonds is 8. The maximum absolute atomic E-state index is 12.2. The molecule has 2 rings (SSSR count). The first-order valence-electron chi connectivity index (χ1n) is 8.02. The van der Waals surface area contributed by atoms with Gasteiger partial charge in [-0.2, -0.15) is 0 Å². The van der Waals surface area contributed by atoms with Crippen molar-refractivity contribution < 1.29 is 9.90 Å². The zero-order chi connectivity index (χ0) is 17.4. The Bertz CT molecular complexity index is 662. The van der Waals surface area contributed by atoms with Crippen LogP contribution in [0.1, 0.15) is 17.5 Å². The molecule has 0 saturated heterocycles. The number of amides is 1. The average Bonchev–Trinajstić information content (AvgIpc) is 2.58. The van der Waals surface area contributed by atoms with Crippen molar-refractivity contribution in [1.29, 1.82) is 0 Å². The van der Waals surface area contributed by atoms with Gasteiger partial charge in [-0.25, -0.2) is 0 Å². The Morgan fingerprint density at radius 3 is 2.58 bits per heavy atom. The number of hydrogen-bond donors (Lipinski definition) is 2. The van der Waals surface area contributed by atoms with Gasteiger partial charge >= 0.3 is 0 Å². The molecule has 24 heavy (non-hydrogen) atoms. The van der Waals surface area contributed by atoms with Gasteiger partial charge in [-0.3, -0.25) is 9.69 Å². The number of hydrogen-bond acceptors (Lipinski definition) is 3. The van der Waals surface area contributed by atoms with Crippen molar-refractivity contribution in [2.45, 2.75) is 19.9 Å². The van der Waals surface area contributed by atoms with Crippen molar-refractivity contribution >= 4 is 23.2 Å². The molecule has 1 amide bonds. The predicted molar refractivity (Wildman–Crippen MR) is 98.2 cm³/mol. The summed E-state index contributed by atoms with van der Waals surface area (Å²) in [5.74, 6) is -0.0589. The van der Waals surface area contributed by atoms with Gasteiger partial charge < -0.3 is 10.4 Å². The van der Waals surface area contributed by atoms with E-state index in [9.17, 15) is 9.90 Å². The average molecular weight is 347 g/mol. The van der Waals surface area contributed by atoms with Gasteiger partial charge in [-0.15, -0.1) is 0 Å². The maximum Gasteiger partial charge on any atom is 0.225 e. The lowest BCUT2D eigenvalue weighted by atomic mass is 10.2. The van der Waals surface area contributed by atoms with E-state index in [0.717, 1.165) is 16.8 Å². The Kier molecular flexibility index (Phi) is 7.25. The molecule has 4 nitrogen and oxygen atoms in total. The first-order chi connectivity index (χ1) is 11.6. The number of aliphatic hydroxyl groups excluding tert-OH is 1. The van der Waals surface area contributed by atoms with Crippen LogP contribution in [0.2, 0.25) is 5.02 Å². The van der Waals surface area contributed by atoms with Gasteiger partial charge in [0.1, 0.15) is 0 Å². The van der Waals surface area contributed by atoms with Gasteiger partial charge in [0.15, 0.2) is 0 Å². The lowest BCUT2D eigenvalue weighted by molar-refractivity contribution is -0.116. The van der Waals surface area contributed by atoms with E-state index in [1.165, 1.54) is 0 Å². The second-order valence-electron chi connectivity index (χ2n) is 5.70. The summed E-state index contributed by atoms with van der Waals surface area (Å²) in [6, 6.07) is 15.5. The number of carbonyl (C=O) groups is 1. The number of anilines is 1. The molecular weight excluding hydrogens is 324 g/mol. The Morgan fingerprint density at radius 1 is 1.12 bits per heavy atom. The first-order valence-corrected chi connectivity index (χ1v) is 8.40. The van der Waals surface area contributed by atoms with E-state index in [-0.39, 0.29) is 12.5 Å². The van der Waals surface area contributed by atoms with Crippen molar-refractivity contribution in [3.05, 3.63) is 64.7 Å². The summed E-state index contributed by atoms with van der Waals surface area (Å²) in [5, 5.41) is 12.8. The lowest BCUT2D eigenvalue weighted by Crippen LogP contribution is -2.30. The van der Waals surface area contributed by atoms with Gasteiger partial charge in [0.25, 0.3) is 0 Å². The van der Waals surface area contributed by atoms with E-state index in [4.69, 9.17) is 11.6 Å². The summed E-state index contributed by atoms with van der Waals surface area (Å²) in [6.45, 7) is 3.79. The number of nitrogens with zero attached hydrogens (tertiary/aromatic N) is 1. The number of carbonyl (C=O) groups excluding carboxylic acids is 1. The highest BCUT2D eigenvalue weighted by molar-refractivity contribution is 6.31. The van der Waals surface area contributed by atoms with Gasteiger partial charge in [0, 0.05) is 36.8 Å². The van der Waals surface area contributed by atoms with Gasteiger partial charge in [0.2, 0.25) is 5.91 Å². The molecular formula is C19H23ClN2O2. The fourth-order valence-corrected chi connectivity index (χ4v) is 2.64. The van der Waals surface area contributed by atoms with Crippen molar-refractivity contribution in [1.82, 2.24) is 4.90 Å². The molecule has 0 heterocycles. The van der Waals surface area contributed by atoms with Crippen molar-refractivity contribution in [3.63, 3.8) is 0 Å². The van der Waals surface area contributed by atoms with E-state index < -0.39 is 0 Å². The number of nitrogens with one attached hydrogen (secondary N) is 1. The molecule has 0 saturated carbocycles. The minimum Gasteiger partial charge on any atom is -0.395 e. The van der Waals surface area contributed by atoms with Crippen LogP contribution >= 0.6 is 11.6 Å². The fraction of sp³-hybridized carbons (Fsp3) is 0.316. The Hall–Kier alpha value is -1.88. The second-order valence-corrected chi connectivity index (χ2v) is 6.10. The van der Waals surface area contributed by atoms with Gasteiger partial charge in [-0.05, 0) is 30.2 Å². The molecule has 0 atom stereocenters. The van der Waals surface area contributed by atoms with Crippen LogP contribution in [-0.2, 0) is 11.3 Å². The molecule has 0 aliphatic heterocycles. The molecule has 2 aromatic carbocycles. The monoisotopic (exact) mass is 346 g/mol. The summed E-state index contributed by atoms with van der Waals surface area (Å²) < 4.78 is 0.